The maximum absolute atomic E-state index is 12.9. The molecule has 8 nitrogen and oxygen atoms in total. The van der Waals surface area contributed by atoms with Crippen molar-refractivity contribution in [3.05, 3.63) is 36.2 Å². The third-order valence-corrected chi connectivity index (χ3v) is 6.83. The lowest BCUT2D eigenvalue weighted by molar-refractivity contribution is -0.144. The molecular formula is C24H26F3N5O3. The number of nitrogens with zero attached hydrogens (tertiary/aromatic N) is 4. The van der Waals surface area contributed by atoms with E-state index in [4.69, 9.17) is 9.84 Å². The molecule has 0 aromatic carbocycles. The van der Waals surface area contributed by atoms with Crippen molar-refractivity contribution in [3.8, 4) is 11.4 Å². The third-order valence-electron chi connectivity index (χ3n) is 6.83. The van der Waals surface area contributed by atoms with Crippen molar-refractivity contribution >= 4 is 23.0 Å². The van der Waals surface area contributed by atoms with Gasteiger partial charge in [-0.3, -0.25) is 4.79 Å². The van der Waals surface area contributed by atoms with E-state index in [1.54, 1.807) is 6.20 Å². The summed E-state index contributed by atoms with van der Waals surface area (Å²) in [5.74, 6) is 0.292. The summed E-state index contributed by atoms with van der Waals surface area (Å²) in [7, 11) is 0. The molecular weight excluding hydrogens is 463 g/mol. The number of hydrogen-bond donors (Lipinski definition) is 2. The number of anilines is 1. The summed E-state index contributed by atoms with van der Waals surface area (Å²) in [5, 5.41) is 9.14. The molecule has 0 atom stereocenters. The number of pyridine rings is 2. The molecule has 2 fully saturated rings. The summed E-state index contributed by atoms with van der Waals surface area (Å²) in [6.45, 7) is 1.60. The molecule has 1 aliphatic heterocycles. The number of carboxylic acids is 1. The van der Waals surface area contributed by atoms with Crippen LogP contribution in [-0.2, 0) is 15.7 Å². The number of piperidine rings is 1. The van der Waals surface area contributed by atoms with E-state index in [1.807, 2.05) is 12.1 Å². The van der Waals surface area contributed by atoms with E-state index in [2.05, 4.69) is 24.8 Å². The molecule has 5 rings (SSSR count). The number of carboxylic acid groups (broad SMARTS) is 1. The molecule has 1 saturated carbocycles. The molecule has 2 aliphatic rings. The molecule has 1 saturated heterocycles. The predicted molar refractivity (Wildman–Crippen MR) is 122 cm³/mol. The van der Waals surface area contributed by atoms with Crippen molar-refractivity contribution in [2.75, 3.05) is 18.0 Å². The number of hydrogen-bond acceptors (Lipinski definition) is 6. The number of aromatic nitrogens is 4. The highest BCUT2D eigenvalue weighted by atomic mass is 19.4. The van der Waals surface area contributed by atoms with Gasteiger partial charge in [-0.05, 0) is 62.8 Å². The average molecular weight is 489 g/mol. The fourth-order valence-corrected chi connectivity index (χ4v) is 4.84. The van der Waals surface area contributed by atoms with Crippen LogP contribution in [0.5, 0.6) is 0 Å². The lowest BCUT2D eigenvalue weighted by Gasteiger charge is -2.36. The number of ether oxygens (including phenoxy) is 1. The largest absolute Gasteiger partial charge is 0.481 e. The summed E-state index contributed by atoms with van der Waals surface area (Å²) in [5.41, 5.74) is 0.125. The first-order chi connectivity index (χ1) is 16.8. The monoisotopic (exact) mass is 489 g/mol. The topological polar surface area (TPSA) is 104 Å². The van der Waals surface area contributed by atoms with Gasteiger partial charge in [0.05, 0.1) is 23.6 Å². The second kappa shape index (κ2) is 9.44. The Hall–Kier alpha value is -3.21. The maximum atomic E-state index is 12.9. The van der Waals surface area contributed by atoms with Crippen molar-refractivity contribution in [1.82, 2.24) is 19.9 Å². The molecule has 2 N–H and O–H groups in total. The van der Waals surface area contributed by atoms with Gasteiger partial charge >= 0.3 is 12.1 Å². The van der Waals surface area contributed by atoms with Gasteiger partial charge in [-0.1, -0.05) is 0 Å². The summed E-state index contributed by atoms with van der Waals surface area (Å²) in [6, 6.07) is 5.98. The number of fused-ring (bicyclic) bond motifs is 1. The Balaban J connectivity index is 1.17. The summed E-state index contributed by atoms with van der Waals surface area (Å²) in [4.78, 5) is 28.7. The first kappa shape index (κ1) is 23.5. The highest BCUT2D eigenvalue weighted by Gasteiger charge is 2.33. The molecule has 3 aromatic rings. The van der Waals surface area contributed by atoms with Gasteiger partial charge in [-0.25, -0.2) is 15.0 Å². The molecule has 1 aliphatic carbocycles. The van der Waals surface area contributed by atoms with Crippen LogP contribution in [0.25, 0.3) is 22.6 Å². The lowest BCUT2D eigenvalue weighted by Crippen LogP contribution is -2.39. The number of alkyl halides is 3. The van der Waals surface area contributed by atoms with Gasteiger partial charge < -0.3 is 19.7 Å². The second-order valence-electron chi connectivity index (χ2n) is 9.19. The van der Waals surface area contributed by atoms with Gasteiger partial charge in [0.25, 0.3) is 0 Å². The number of carbonyl (C=O) groups is 1. The van der Waals surface area contributed by atoms with Crippen LogP contribution in [0.1, 0.15) is 44.2 Å². The molecule has 35 heavy (non-hydrogen) atoms. The van der Waals surface area contributed by atoms with E-state index in [0.29, 0.717) is 29.7 Å². The van der Waals surface area contributed by atoms with Crippen LogP contribution in [0.15, 0.2) is 30.5 Å². The normalized spacial score (nSPS) is 22.0. The van der Waals surface area contributed by atoms with E-state index >= 15 is 0 Å². The van der Waals surface area contributed by atoms with Crippen molar-refractivity contribution in [2.45, 2.75) is 56.9 Å². The minimum atomic E-state index is -4.52. The van der Waals surface area contributed by atoms with Crippen molar-refractivity contribution in [1.29, 1.82) is 0 Å². The smallest absolute Gasteiger partial charge is 0.433 e. The van der Waals surface area contributed by atoms with Crippen LogP contribution in [0.2, 0.25) is 0 Å². The Kier molecular flexibility index (Phi) is 6.35. The van der Waals surface area contributed by atoms with Crippen LogP contribution in [0.4, 0.5) is 19.0 Å². The second-order valence-corrected chi connectivity index (χ2v) is 9.19. The fraction of sp³-hybridized carbons (Fsp3) is 0.500. The Morgan fingerprint density at radius 1 is 1.00 bits per heavy atom. The summed E-state index contributed by atoms with van der Waals surface area (Å²) < 4.78 is 45.0. The van der Waals surface area contributed by atoms with Crippen LogP contribution in [0, 0.1) is 5.92 Å². The van der Waals surface area contributed by atoms with Gasteiger partial charge in [0, 0.05) is 24.8 Å². The number of aromatic amines is 1. The highest BCUT2D eigenvalue weighted by molar-refractivity contribution is 5.76. The van der Waals surface area contributed by atoms with E-state index in [0.717, 1.165) is 50.7 Å². The SMILES string of the molecule is O=C(O)C1CCC(OC2CCN(c3ccc(-c4nc5nc(C(F)(F)F)ccc5[nH]4)cn3)CC2)CC1. The van der Waals surface area contributed by atoms with Crippen molar-refractivity contribution in [3.63, 3.8) is 0 Å². The third kappa shape index (κ3) is 5.24. The quantitative estimate of drug-likeness (QED) is 0.537. The predicted octanol–water partition coefficient (Wildman–Crippen LogP) is 4.67. The number of imidazole rings is 1. The number of nitrogens with one attached hydrogen (secondary N) is 1. The molecule has 0 bridgehead atoms. The average Bonchev–Trinajstić information content (AvgIpc) is 3.28. The van der Waals surface area contributed by atoms with E-state index in [-0.39, 0.29) is 23.8 Å². The minimum absolute atomic E-state index is 0.0115. The first-order valence-corrected chi connectivity index (χ1v) is 11.8. The molecule has 4 heterocycles. The Labute approximate surface area is 199 Å². The van der Waals surface area contributed by atoms with Crippen LogP contribution < -0.4 is 4.90 Å². The van der Waals surface area contributed by atoms with Crippen LogP contribution >= 0.6 is 0 Å². The molecule has 0 unspecified atom stereocenters. The van der Waals surface area contributed by atoms with Gasteiger partial charge in [0.1, 0.15) is 17.3 Å². The molecule has 186 valence electrons. The zero-order chi connectivity index (χ0) is 24.6. The van der Waals surface area contributed by atoms with Gasteiger partial charge in [-0.15, -0.1) is 0 Å². The Bertz CT molecular complexity index is 1180. The number of rotatable bonds is 5. The highest BCUT2D eigenvalue weighted by Crippen LogP contribution is 2.31. The minimum Gasteiger partial charge on any atom is -0.481 e. The van der Waals surface area contributed by atoms with E-state index in [1.165, 1.54) is 6.07 Å². The van der Waals surface area contributed by atoms with Crippen LogP contribution in [-0.4, -0.2) is 56.3 Å². The molecule has 0 radical (unpaired) electrons. The maximum Gasteiger partial charge on any atom is 0.433 e. The number of H-pyrrole nitrogens is 1. The van der Waals surface area contributed by atoms with E-state index < -0.39 is 17.8 Å². The number of aliphatic carboxylic acids is 1. The van der Waals surface area contributed by atoms with E-state index in [9.17, 15) is 18.0 Å². The Morgan fingerprint density at radius 3 is 2.34 bits per heavy atom. The van der Waals surface area contributed by atoms with Crippen molar-refractivity contribution < 1.29 is 27.8 Å². The summed E-state index contributed by atoms with van der Waals surface area (Å²) >= 11 is 0. The molecule has 0 amide bonds. The van der Waals surface area contributed by atoms with Gasteiger partial charge in [-0.2, -0.15) is 13.2 Å². The van der Waals surface area contributed by atoms with Gasteiger partial charge in [0.2, 0.25) is 0 Å². The first-order valence-electron chi connectivity index (χ1n) is 11.8. The number of halogens is 3. The fourth-order valence-electron chi connectivity index (χ4n) is 4.84. The summed E-state index contributed by atoms with van der Waals surface area (Å²) in [6.07, 6.45) is 2.16. The van der Waals surface area contributed by atoms with Gasteiger partial charge in [0.15, 0.2) is 5.65 Å². The Morgan fingerprint density at radius 2 is 1.71 bits per heavy atom. The molecule has 0 spiro atoms. The zero-order valence-electron chi connectivity index (χ0n) is 19.0. The van der Waals surface area contributed by atoms with Crippen LogP contribution in [0.3, 0.4) is 0 Å². The lowest BCUT2D eigenvalue weighted by atomic mass is 9.87. The molecule has 3 aromatic heterocycles. The van der Waals surface area contributed by atoms with Crippen molar-refractivity contribution in [2.24, 2.45) is 5.92 Å². The molecule has 11 heteroatoms. The standard InChI is InChI=1S/C24H26F3N5O3/c25-24(26,27)19-7-6-18-22(30-19)31-21(29-18)15-3-8-20(28-13-15)32-11-9-17(10-12-32)35-16-4-1-14(2-5-16)23(33)34/h3,6-8,13-14,16-17H,1-2,4-5,9-12H2,(H,33,34)(H,29,30,31). The zero-order valence-corrected chi connectivity index (χ0v) is 19.0.